The maximum atomic E-state index is 12.8. The van der Waals surface area contributed by atoms with E-state index in [0.29, 0.717) is 12.0 Å². The quantitative estimate of drug-likeness (QED) is 0.922. The molecule has 4 heterocycles. The third kappa shape index (κ3) is 1.89. The van der Waals surface area contributed by atoms with Gasteiger partial charge in [0.05, 0.1) is 23.4 Å². The molecule has 6 rings (SSSR count). The van der Waals surface area contributed by atoms with Crippen LogP contribution in [0.2, 0.25) is 0 Å². The molecule has 1 aromatic carbocycles. The van der Waals surface area contributed by atoms with E-state index < -0.39 is 0 Å². The molecule has 3 aliphatic heterocycles. The Bertz CT molecular complexity index is 783. The van der Waals surface area contributed by atoms with Crippen LogP contribution >= 0.6 is 0 Å². The fourth-order valence-corrected chi connectivity index (χ4v) is 4.81. The predicted molar refractivity (Wildman–Crippen MR) is 88.2 cm³/mol. The molecule has 1 unspecified atom stereocenters. The van der Waals surface area contributed by atoms with Gasteiger partial charge in [-0.05, 0) is 62.9 Å². The number of carbonyl (C=O) groups is 1. The van der Waals surface area contributed by atoms with Gasteiger partial charge < -0.3 is 9.88 Å². The van der Waals surface area contributed by atoms with Crippen molar-refractivity contribution in [3.05, 3.63) is 30.1 Å². The van der Waals surface area contributed by atoms with Crippen LogP contribution < -0.4 is 5.32 Å². The molecule has 1 aromatic heterocycles. The fourth-order valence-electron chi connectivity index (χ4n) is 4.81. The van der Waals surface area contributed by atoms with E-state index in [9.17, 15) is 4.79 Å². The molecular formula is C18H22N4O. The maximum absolute atomic E-state index is 12.8. The van der Waals surface area contributed by atoms with Crippen molar-refractivity contribution in [1.29, 1.82) is 0 Å². The smallest absolute Gasteiger partial charge is 0.251 e. The van der Waals surface area contributed by atoms with Crippen LogP contribution in [0.1, 0.15) is 36.0 Å². The topological polar surface area (TPSA) is 50.2 Å². The molecule has 1 aliphatic carbocycles. The van der Waals surface area contributed by atoms with E-state index >= 15 is 0 Å². The van der Waals surface area contributed by atoms with E-state index in [1.54, 1.807) is 6.33 Å². The maximum Gasteiger partial charge on any atom is 0.251 e. The first-order valence-corrected chi connectivity index (χ1v) is 8.64. The summed E-state index contributed by atoms with van der Waals surface area (Å²) in [6.07, 6.45) is 6.74. The van der Waals surface area contributed by atoms with Crippen LogP contribution in [0.5, 0.6) is 0 Å². The van der Waals surface area contributed by atoms with E-state index in [1.807, 2.05) is 29.8 Å². The van der Waals surface area contributed by atoms with Crippen molar-refractivity contribution < 1.29 is 4.79 Å². The lowest BCUT2D eigenvalue weighted by atomic mass is 9.77. The summed E-state index contributed by atoms with van der Waals surface area (Å²) >= 11 is 0. The number of imidazole rings is 1. The van der Waals surface area contributed by atoms with Gasteiger partial charge in [-0.1, -0.05) is 0 Å². The molecule has 2 aromatic rings. The number of fused-ring (bicyclic) bond motifs is 3. The first-order valence-electron chi connectivity index (χ1n) is 8.64. The number of nitrogens with zero attached hydrogens (tertiary/aromatic N) is 3. The standard InChI is InChI=1S/C18H22N4O/c1-21-11-19-14-3-2-13(10-15(14)21)17(23)20-16-12-4-8-22(9-5-12)18(16)6-7-18/h2-3,10-12,16H,4-9H2,1H3,(H,20,23). The Kier molecular flexibility index (Phi) is 2.69. The lowest BCUT2D eigenvalue weighted by Gasteiger charge is -2.52. The number of hydrogen-bond donors (Lipinski definition) is 1. The summed E-state index contributed by atoms with van der Waals surface area (Å²) in [5.74, 6) is 0.727. The van der Waals surface area contributed by atoms with Gasteiger partial charge in [-0.15, -0.1) is 0 Å². The van der Waals surface area contributed by atoms with Gasteiger partial charge >= 0.3 is 0 Å². The van der Waals surface area contributed by atoms with E-state index in [1.165, 1.54) is 38.8 Å². The molecule has 0 radical (unpaired) electrons. The SMILES string of the molecule is Cn1cnc2ccc(C(=O)NC3C4CCN(CC4)C34CC4)cc21. The number of carbonyl (C=O) groups excluding carboxylic acids is 1. The zero-order valence-corrected chi connectivity index (χ0v) is 13.5. The minimum absolute atomic E-state index is 0.0677. The van der Waals surface area contributed by atoms with E-state index in [-0.39, 0.29) is 11.4 Å². The number of piperidine rings is 3. The first kappa shape index (κ1) is 13.5. The molecule has 1 atom stereocenters. The van der Waals surface area contributed by atoms with Crippen LogP contribution in [0.4, 0.5) is 0 Å². The summed E-state index contributed by atoms with van der Waals surface area (Å²) in [4.78, 5) is 19.8. The van der Waals surface area contributed by atoms with Crippen molar-refractivity contribution in [2.24, 2.45) is 13.0 Å². The molecule has 5 heteroatoms. The second-order valence-corrected chi connectivity index (χ2v) is 7.44. The Hall–Kier alpha value is -1.88. The van der Waals surface area contributed by atoms with Crippen molar-refractivity contribution in [1.82, 2.24) is 19.8 Å². The Morgan fingerprint density at radius 2 is 2.09 bits per heavy atom. The van der Waals surface area contributed by atoms with E-state index in [4.69, 9.17) is 0 Å². The van der Waals surface area contributed by atoms with Crippen LogP contribution in [-0.4, -0.2) is 45.0 Å². The van der Waals surface area contributed by atoms with Gasteiger partial charge in [0.15, 0.2) is 0 Å². The highest BCUT2D eigenvalue weighted by Crippen LogP contribution is 2.53. The Morgan fingerprint density at radius 1 is 1.30 bits per heavy atom. The molecule has 1 spiro atoms. The highest BCUT2D eigenvalue weighted by atomic mass is 16.1. The van der Waals surface area contributed by atoms with Crippen molar-refractivity contribution in [2.45, 2.75) is 37.3 Å². The number of aryl methyl sites for hydroxylation is 1. The average molecular weight is 310 g/mol. The molecule has 4 aliphatic rings. The van der Waals surface area contributed by atoms with E-state index in [2.05, 4.69) is 15.2 Å². The Balaban J connectivity index is 1.43. The highest BCUT2D eigenvalue weighted by molar-refractivity contribution is 5.97. The second kappa shape index (κ2) is 4.57. The van der Waals surface area contributed by atoms with Crippen molar-refractivity contribution in [3.63, 3.8) is 0 Å². The summed E-state index contributed by atoms with van der Waals surface area (Å²) in [6.45, 7) is 2.44. The number of hydrogen-bond acceptors (Lipinski definition) is 3. The monoisotopic (exact) mass is 310 g/mol. The van der Waals surface area contributed by atoms with Gasteiger partial charge in [0.2, 0.25) is 0 Å². The summed E-state index contributed by atoms with van der Waals surface area (Å²) in [5.41, 5.74) is 2.97. The number of benzene rings is 1. The number of rotatable bonds is 2. The molecule has 5 nitrogen and oxygen atoms in total. The Labute approximate surface area is 135 Å². The largest absolute Gasteiger partial charge is 0.347 e. The highest BCUT2D eigenvalue weighted by Gasteiger charge is 2.60. The van der Waals surface area contributed by atoms with Crippen LogP contribution in [0, 0.1) is 5.92 Å². The fraction of sp³-hybridized carbons (Fsp3) is 0.556. The molecule has 3 saturated heterocycles. The third-order valence-electron chi connectivity index (χ3n) is 6.26. The van der Waals surface area contributed by atoms with Gasteiger partial charge in [0.25, 0.3) is 5.91 Å². The molecule has 1 saturated carbocycles. The molecule has 120 valence electrons. The van der Waals surface area contributed by atoms with Crippen LogP contribution in [-0.2, 0) is 7.05 Å². The molecule has 2 bridgehead atoms. The lowest BCUT2D eigenvalue weighted by molar-refractivity contribution is -0.00144. The van der Waals surface area contributed by atoms with Crippen molar-refractivity contribution in [2.75, 3.05) is 13.1 Å². The molecule has 23 heavy (non-hydrogen) atoms. The number of nitrogens with one attached hydrogen (secondary N) is 1. The van der Waals surface area contributed by atoms with Crippen molar-refractivity contribution in [3.8, 4) is 0 Å². The summed E-state index contributed by atoms with van der Waals surface area (Å²) in [7, 11) is 1.96. The average Bonchev–Trinajstić information content (AvgIpc) is 3.28. The summed E-state index contributed by atoms with van der Waals surface area (Å²) < 4.78 is 1.96. The zero-order valence-electron chi connectivity index (χ0n) is 13.5. The minimum atomic E-state index is 0.0677. The van der Waals surface area contributed by atoms with Gasteiger partial charge in [0, 0.05) is 18.2 Å². The van der Waals surface area contributed by atoms with Crippen LogP contribution in [0.3, 0.4) is 0 Å². The first-order chi connectivity index (χ1) is 11.2. The molecular weight excluding hydrogens is 288 g/mol. The number of amides is 1. The number of aromatic nitrogens is 2. The van der Waals surface area contributed by atoms with Crippen LogP contribution in [0.25, 0.3) is 11.0 Å². The van der Waals surface area contributed by atoms with Gasteiger partial charge in [0.1, 0.15) is 0 Å². The third-order valence-corrected chi connectivity index (χ3v) is 6.26. The minimum Gasteiger partial charge on any atom is -0.347 e. The van der Waals surface area contributed by atoms with Gasteiger partial charge in [-0.25, -0.2) is 4.98 Å². The van der Waals surface area contributed by atoms with Gasteiger partial charge in [-0.2, -0.15) is 0 Å². The van der Waals surface area contributed by atoms with Gasteiger partial charge in [-0.3, -0.25) is 9.69 Å². The molecule has 1 N–H and O–H groups in total. The molecule has 1 amide bonds. The summed E-state index contributed by atoms with van der Waals surface area (Å²) in [5, 5.41) is 3.39. The zero-order chi connectivity index (χ0) is 15.6. The predicted octanol–water partition coefficient (Wildman–Crippen LogP) is 1.93. The normalized spacial score (nSPS) is 30.7. The molecule has 4 fully saturated rings. The van der Waals surface area contributed by atoms with Crippen molar-refractivity contribution >= 4 is 16.9 Å². The van der Waals surface area contributed by atoms with Crippen LogP contribution in [0.15, 0.2) is 24.5 Å². The van der Waals surface area contributed by atoms with E-state index in [0.717, 1.165) is 16.6 Å². The lowest BCUT2D eigenvalue weighted by Crippen LogP contribution is -2.65. The summed E-state index contributed by atoms with van der Waals surface area (Å²) in [6, 6.07) is 6.12. The second-order valence-electron chi connectivity index (χ2n) is 7.44. The Morgan fingerprint density at radius 3 is 2.83 bits per heavy atom.